The van der Waals surface area contributed by atoms with Crippen LogP contribution in [-0.2, 0) is 12.1 Å². The average molecular weight is 358 g/mol. The number of hydrogen-bond acceptors (Lipinski definition) is 3. The van der Waals surface area contributed by atoms with Crippen molar-refractivity contribution in [2.45, 2.75) is 12.1 Å². The Balaban J connectivity index is 2.52. The van der Waals surface area contributed by atoms with Gasteiger partial charge in [0.2, 0.25) is 0 Å². The van der Waals surface area contributed by atoms with E-state index in [-0.39, 0.29) is 17.3 Å². The molecule has 2 aromatic heterocycles. The summed E-state index contributed by atoms with van der Waals surface area (Å²) in [5, 5.41) is 0. The lowest BCUT2D eigenvalue weighted by atomic mass is 10.2. The lowest BCUT2D eigenvalue weighted by Crippen LogP contribution is -2.12. The van der Waals surface area contributed by atoms with E-state index in [2.05, 4.69) is 25.9 Å². The van der Waals surface area contributed by atoms with Crippen LogP contribution in [0.3, 0.4) is 0 Å². The molecule has 0 saturated carbocycles. The predicted octanol–water partition coefficient (Wildman–Crippen LogP) is 4.73. The van der Waals surface area contributed by atoms with Crippen molar-refractivity contribution in [3.05, 3.63) is 33.4 Å². The van der Waals surface area contributed by atoms with Gasteiger partial charge in [-0.2, -0.15) is 13.2 Å². The second kappa shape index (κ2) is 5.14. The molecule has 0 unspecified atom stereocenters. The molecule has 2 heterocycles. The first kappa shape index (κ1) is 13.8. The van der Waals surface area contributed by atoms with Gasteiger partial charge in [0.15, 0.2) is 11.5 Å². The van der Waals surface area contributed by atoms with E-state index in [9.17, 15) is 13.2 Å². The Hall–Kier alpha value is -0.660. The van der Waals surface area contributed by atoms with Crippen LogP contribution in [0.2, 0.25) is 0 Å². The number of alkyl halides is 4. The monoisotopic (exact) mass is 356 g/mol. The van der Waals surface area contributed by atoms with E-state index in [0.717, 1.165) is 9.98 Å². The maximum absolute atomic E-state index is 12.8. The van der Waals surface area contributed by atoms with Crippen molar-refractivity contribution in [3.63, 3.8) is 0 Å². The molecule has 0 spiro atoms. The summed E-state index contributed by atoms with van der Waals surface area (Å²) >= 11 is 9.96. The average Bonchev–Trinajstić information content (AvgIpc) is 2.74. The maximum Gasteiger partial charge on any atom is 0.433 e. The zero-order chi connectivity index (χ0) is 13.3. The molecule has 0 aliphatic heterocycles. The first-order valence-electron chi connectivity index (χ1n) is 4.66. The van der Waals surface area contributed by atoms with Gasteiger partial charge in [-0.1, -0.05) is 0 Å². The Morgan fingerprint density at radius 3 is 2.56 bits per heavy atom. The van der Waals surface area contributed by atoms with Gasteiger partial charge in [0, 0.05) is 11.8 Å². The van der Waals surface area contributed by atoms with E-state index >= 15 is 0 Å². The van der Waals surface area contributed by atoms with Crippen molar-refractivity contribution in [2.24, 2.45) is 0 Å². The van der Waals surface area contributed by atoms with Crippen LogP contribution in [0, 0.1) is 0 Å². The molecule has 0 amide bonds. The van der Waals surface area contributed by atoms with E-state index in [1.165, 1.54) is 11.3 Å². The molecule has 0 aliphatic carbocycles. The van der Waals surface area contributed by atoms with Crippen LogP contribution in [0.1, 0.15) is 11.3 Å². The summed E-state index contributed by atoms with van der Waals surface area (Å²) in [6.45, 7) is 0. The summed E-state index contributed by atoms with van der Waals surface area (Å²) in [7, 11) is 0. The first-order chi connectivity index (χ1) is 8.41. The van der Waals surface area contributed by atoms with Crippen molar-refractivity contribution in [1.82, 2.24) is 9.97 Å². The number of halogens is 5. The summed E-state index contributed by atoms with van der Waals surface area (Å²) in [4.78, 5) is 8.03. The zero-order valence-electron chi connectivity index (χ0n) is 8.63. The summed E-state index contributed by atoms with van der Waals surface area (Å²) in [6, 6.07) is 3.39. The van der Waals surface area contributed by atoms with Crippen LogP contribution in [-0.4, -0.2) is 9.97 Å². The quantitative estimate of drug-likeness (QED) is 0.727. The molecule has 0 radical (unpaired) electrons. The van der Waals surface area contributed by atoms with E-state index in [1.807, 2.05) is 0 Å². The molecule has 18 heavy (non-hydrogen) atoms. The molecule has 0 aromatic carbocycles. The van der Waals surface area contributed by atoms with Gasteiger partial charge in [-0.05, 0) is 28.1 Å². The Morgan fingerprint density at radius 1 is 1.33 bits per heavy atom. The summed E-state index contributed by atoms with van der Waals surface area (Å²) in [5.41, 5.74) is -1.10. The van der Waals surface area contributed by atoms with Gasteiger partial charge in [0.05, 0.1) is 14.5 Å². The van der Waals surface area contributed by atoms with Gasteiger partial charge < -0.3 is 0 Å². The third-order valence-electron chi connectivity index (χ3n) is 2.07. The topological polar surface area (TPSA) is 25.8 Å². The molecule has 96 valence electrons. The Labute approximate surface area is 118 Å². The van der Waals surface area contributed by atoms with Crippen molar-refractivity contribution in [2.75, 3.05) is 0 Å². The fourth-order valence-electron chi connectivity index (χ4n) is 1.30. The fourth-order valence-corrected chi connectivity index (χ4v) is 2.83. The van der Waals surface area contributed by atoms with Crippen LogP contribution in [0.4, 0.5) is 13.2 Å². The Kier molecular flexibility index (Phi) is 3.93. The highest BCUT2D eigenvalue weighted by Crippen LogP contribution is 2.34. The smallest absolute Gasteiger partial charge is 0.236 e. The molecule has 0 fully saturated rings. The zero-order valence-corrected chi connectivity index (χ0v) is 11.8. The van der Waals surface area contributed by atoms with Crippen LogP contribution in [0.25, 0.3) is 10.7 Å². The summed E-state index contributed by atoms with van der Waals surface area (Å²) in [6.07, 6.45) is -3.41. The largest absolute Gasteiger partial charge is 0.433 e. The number of nitrogens with zero attached hydrogens (tertiary/aromatic N) is 2. The predicted molar refractivity (Wildman–Crippen MR) is 67.6 cm³/mol. The minimum atomic E-state index is -4.53. The van der Waals surface area contributed by atoms with E-state index in [1.54, 1.807) is 12.1 Å². The highest BCUT2D eigenvalue weighted by molar-refractivity contribution is 9.11. The fraction of sp³-hybridized carbons (Fsp3) is 0.200. The third kappa shape index (κ3) is 2.84. The van der Waals surface area contributed by atoms with Crippen LogP contribution < -0.4 is 0 Å². The van der Waals surface area contributed by atoms with Crippen LogP contribution in [0.15, 0.2) is 22.1 Å². The van der Waals surface area contributed by atoms with E-state index < -0.39 is 11.9 Å². The van der Waals surface area contributed by atoms with Crippen molar-refractivity contribution < 1.29 is 13.2 Å². The third-order valence-corrected chi connectivity index (χ3v) is 3.98. The van der Waals surface area contributed by atoms with Crippen molar-refractivity contribution in [1.29, 1.82) is 0 Å². The second-order valence-corrected chi connectivity index (χ2v) is 6.03. The molecule has 0 bridgehead atoms. The number of aromatic nitrogens is 2. The van der Waals surface area contributed by atoms with Gasteiger partial charge in [-0.25, -0.2) is 9.97 Å². The van der Waals surface area contributed by atoms with Gasteiger partial charge in [-0.15, -0.1) is 22.9 Å². The van der Waals surface area contributed by atoms with Gasteiger partial charge >= 0.3 is 6.18 Å². The SMILES string of the molecule is FC(F)(F)c1nc(-c2ccc(Br)s2)ncc1CCl. The van der Waals surface area contributed by atoms with Gasteiger partial charge in [0.25, 0.3) is 0 Å². The Morgan fingerprint density at radius 2 is 2.06 bits per heavy atom. The number of hydrogen-bond donors (Lipinski definition) is 0. The Bertz CT molecular complexity index is 570. The number of thiophene rings is 1. The lowest BCUT2D eigenvalue weighted by Gasteiger charge is -2.10. The highest BCUT2D eigenvalue weighted by atomic mass is 79.9. The molecule has 0 atom stereocenters. The molecule has 2 rings (SSSR count). The molecule has 8 heteroatoms. The summed E-state index contributed by atoms with van der Waals surface area (Å²) in [5.74, 6) is -0.226. The van der Waals surface area contributed by atoms with Crippen molar-refractivity contribution in [3.8, 4) is 10.7 Å². The van der Waals surface area contributed by atoms with Crippen LogP contribution >= 0.6 is 38.9 Å². The molecule has 2 nitrogen and oxygen atoms in total. The van der Waals surface area contributed by atoms with Crippen LogP contribution in [0.5, 0.6) is 0 Å². The van der Waals surface area contributed by atoms with Gasteiger partial charge in [0.1, 0.15) is 0 Å². The molecule has 0 aliphatic rings. The van der Waals surface area contributed by atoms with E-state index in [0.29, 0.717) is 4.88 Å². The minimum absolute atomic E-state index is 0.0480. The van der Waals surface area contributed by atoms with Gasteiger partial charge in [-0.3, -0.25) is 0 Å². The standard InChI is InChI=1S/C10H5BrClF3N2S/c11-7-2-1-6(18-7)9-16-4-5(3-12)8(17-9)10(13,14)15/h1-2,4H,3H2. The highest BCUT2D eigenvalue weighted by Gasteiger charge is 2.36. The lowest BCUT2D eigenvalue weighted by molar-refractivity contribution is -0.141. The second-order valence-electron chi connectivity index (χ2n) is 3.30. The molecule has 0 saturated heterocycles. The normalized spacial score (nSPS) is 11.8. The first-order valence-corrected chi connectivity index (χ1v) is 6.81. The molecular weight excluding hydrogens is 353 g/mol. The van der Waals surface area contributed by atoms with Crippen molar-refractivity contribution >= 4 is 38.9 Å². The summed E-state index contributed by atoms with van der Waals surface area (Å²) < 4.78 is 39.1. The molecule has 2 aromatic rings. The molecule has 0 N–H and O–H groups in total. The molecular formula is C10H5BrClF3N2S. The van der Waals surface area contributed by atoms with E-state index in [4.69, 9.17) is 11.6 Å². The number of rotatable bonds is 2. The maximum atomic E-state index is 12.8. The minimum Gasteiger partial charge on any atom is -0.236 e.